The van der Waals surface area contributed by atoms with Crippen molar-refractivity contribution in [3.8, 4) is 0 Å². The molecule has 1 fully saturated rings. The first-order chi connectivity index (χ1) is 12.0. The van der Waals surface area contributed by atoms with Crippen LogP contribution in [0.1, 0.15) is 45.1 Å². The van der Waals surface area contributed by atoms with E-state index in [9.17, 15) is 9.59 Å². The number of carbonyl (C=O) groups is 2. The summed E-state index contributed by atoms with van der Waals surface area (Å²) < 4.78 is 5.53. The number of nitrogens with one attached hydrogen (secondary N) is 1. The van der Waals surface area contributed by atoms with Crippen molar-refractivity contribution in [1.29, 1.82) is 0 Å². The largest absolute Gasteiger partial charge is 0.376 e. The molecule has 0 aliphatic carbocycles. The third-order valence-electron chi connectivity index (χ3n) is 4.43. The average molecular weight is 367 g/mol. The number of halogens is 1. The maximum atomic E-state index is 12.5. The monoisotopic (exact) mass is 366 g/mol. The predicted octanol–water partition coefficient (Wildman–Crippen LogP) is 3.15. The summed E-state index contributed by atoms with van der Waals surface area (Å²) in [5.74, 6) is -0.161. The molecule has 2 atom stereocenters. The van der Waals surface area contributed by atoms with Crippen molar-refractivity contribution in [2.75, 3.05) is 13.2 Å². The van der Waals surface area contributed by atoms with E-state index >= 15 is 0 Å². The Morgan fingerprint density at radius 1 is 1.36 bits per heavy atom. The third kappa shape index (κ3) is 6.01. The van der Waals surface area contributed by atoms with Gasteiger partial charge in [-0.2, -0.15) is 0 Å². The Morgan fingerprint density at radius 2 is 2.08 bits per heavy atom. The van der Waals surface area contributed by atoms with Gasteiger partial charge in [-0.1, -0.05) is 30.7 Å². The number of nitrogens with zero attached hydrogens (tertiary/aromatic N) is 1. The van der Waals surface area contributed by atoms with Crippen molar-refractivity contribution >= 4 is 23.4 Å². The molecule has 2 amide bonds. The number of hydrogen-bond acceptors (Lipinski definition) is 3. The number of amides is 2. The molecule has 5 nitrogen and oxygen atoms in total. The molecule has 1 aliphatic rings. The van der Waals surface area contributed by atoms with Crippen LogP contribution in [0.5, 0.6) is 0 Å². The summed E-state index contributed by atoms with van der Waals surface area (Å²) in [5, 5.41) is 3.57. The molecule has 138 valence electrons. The fourth-order valence-corrected chi connectivity index (χ4v) is 3.02. The highest BCUT2D eigenvalue weighted by Gasteiger charge is 2.26. The average Bonchev–Trinajstić information content (AvgIpc) is 3.12. The van der Waals surface area contributed by atoms with Crippen LogP contribution in [0.25, 0.3) is 0 Å². The summed E-state index contributed by atoms with van der Waals surface area (Å²) in [6.45, 7) is 5.38. The van der Waals surface area contributed by atoms with Crippen molar-refractivity contribution < 1.29 is 14.3 Å². The van der Waals surface area contributed by atoms with E-state index in [0.717, 1.165) is 31.4 Å². The van der Waals surface area contributed by atoms with Crippen LogP contribution < -0.4 is 5.32 Å². The third-order valence-corrected chi connectivity index (χ3v) is 4.68. The van der Waals surface area contributed by atoms with Gasteiger partial charge in [0.1, 0.15) is 6.04 Å². The molecule has 1 heterocycles. The summed E-state index contributed by atoms with van der Waals surface area (Å²) in [4.78, 5) is 26.7. The van der Waals surface area contributed by atoms with E-state index in [4.69, 9.17) is 16.3 Å². The van der Waals surface area contributed by atoms with Crippen molar-refractivity contribution in [1.82, 2.24) is 10.2 Å². The number of rotatable bonds is 8. The van der Waals surface area contributed by atoms with Gasteiger partial charge in [0.05, 0.1) is 6.10 Å². The molecule has 2 rings (SSSR count). The fourth-order valence-electron chi connectivity index (χ4n) is 2.89. The van der Waals surface area contributed by atoms with Crippen molar-refractivity contribution in [2.45, 2.75) is 58.2 Å². The highest BCUT2D eigenvalue weighted by atomic mass is 35.5. The predicted molar refractivity (Wildman–Crippen MR) is 98.4 cm³/mol. The minimum absolute atomic E-state index is 0.0165. The molecule has 0 unspecified atom stereocenters. The van der Waals surface area contributed by atoms with Crippen LogP contribution >= 0.6 is 11.6 Å². The van der Waals surface area contributed by atoms with Crippen LogP contribution in [0.2, 0.25) is 5.02 Å². The van der Waals surface area contributed by atoms with Gasteiger partial charge in [0.2, 0.25) is 11.8 Å². The van der Waals surface area contributed by atoms with E-state index in [0.29, 0.717) is 24.5 Å². The quantitative estimate of drug-likeness (QED) is 0.768. The zero-order valence-corrected chi connectivity index (χ0v) is 15.7. The summed E-state index contributed by atoms with van der Waals surface area (Å²) in [5.41, 5.74) is 0.952. The lowest BCUT2D eigenvalue weighted by Gasteiger charge is -2.29. The maximum Gasteiger partial charge on any atom is 0.242 e. The zero-order valence-electron chi connectivity index (χ0n) is 15.0. The number of ether oxygens (including phenoxy) is 1. The van der Waals surface area contributed by atoms with Crippen LogP contribution in [0.3, 0.4) is 0 Å². The molecule has 1 aliphatic heterocycles. The first-order valence-electron chi connectivity index (χ1n) is 8.94. The van der Waals surface area contributed by atoms with Gasteiger partial charge in [-0.3, -0.25) is 9.59 Å². The van der Waals surface area contributed by atoms with Crippen molar-refractivity contribution in [3.05, 3.63) is 34.9 Å². The Morgan fingerprint density at radius 3 is 2.68 bits per heavy atom. The van der Waals surface area contributed by atoms with Crippen LogP contribution in [-0.2, 0) is 20.9 Å². The van der Waals surface area contributed by atoms with Gasteiger partial charge in [-0.25, -0.2) is 0 Å². The van der Waals surface area contributed by atoms with Gasteiger partial charge in [0.25, 0.3) is 0 Å². The smallest absolute Gasteiger partial charge is 0.242 e. The molecule has 6 heteroatoms. The van der Waals surface area contributed by atoms with E-state index < -0.39 is 6.04 Å². The Balaban J connectivity index is 2.00. The highest BCUT2D eigenvalue weighted by Crippen LogP contribution is 2.15. The number of hydrogen-bond donors (Lipinski definition) is 1. The van der Waals surface area contributed by atoms with E-state index in [1.807, 2.05) is 19.1 Å². The molecule has 0 bridgehead atoms. The van der Waals surface area contributed by atoms with Crippen molar-refractivity contribution in [2.24, 2.45) is 0 Å². The topological polar surface area (TPSA) is 58.6 Å². The van der Waals surface area contributed by atoms with Gasteiger partial charge in [0.15, 0.2) is 0 Å². The van der Waals surface area contributed by atoms with E-state index in [1.54, 1.807) is 24.0 Å². The summed E-state index contributed by atoms with van der Waals surface area (Å²) >= 11 is 5.92. The fraction of sp³-hybridized carbons (Fsp3) is 0.579. The lowest BCUT2D eigenvalue weighted by molar-refractivity contribution is -0.140. The normalized spacial score (nSPS) is 18.0. The molecule has 0 radical (unpaired) electrons. The Labute approximate surface area is 154 Å². The second-order valence-corrected chi connectivity index (χ2v) is 6.89. The maximum absolute atomic E-state index is 12.5. The van der Waals surface area contributed by atoms with Gasteiger partial charge in [-0.15, -0.1) is 0 Å². The van der Waals surface area contributed by atoms with Crippen LogP contribution in [0.15, 0.2) is 24.3 Å². The summed E-state index contributed by atoms with van der Waals surface area (Å²) in [6.07, 6.45) is 3.27. The summed E-state index contributed by atoms with van der Waals surface area (Å²) in [7, 11) is 0. The van der Waals surface area contributed by atoms with Crippen molar-refractivity contribution in [3.63, 3.8) is 0 Å². The Kier molecular flexibility index (Phi) is 7.72. The zero-order chi connectivity index (χ0) is 18.2. The van der Waals surface area contributed by atoms with Gasteiger partial charge in [0, 0.05) is 31.1 Å². The van der Waals surface area contributed by atoms with E-state index in [-0.39, 0.29) is 17.9 Å². The minimum atomic E-state index is -0.531. The van der Waals surface area contributed by atoms with Crippen LogP contribution in [-0.4, -0.2) is 42.0 Å². The minimum Gasteiger partial charge on any atom is -0.376 e. The standard InChI is InChI=1S/C19H27ClN2O3/c1-3-5-18(23)22(13-15-7-9-16(20)10-8-15)14(2)19(24)21-12-17-6-4-11-25-17/h7-10,14,17H,3-6,11-13H2,1-2H3,(H,21,24)/t14-,17+/m0/s1. The molecule has 0 aromatic heterocycles. The molecular weight excluding hydrogens is 340 g/mol. The molecule has 25 heavy (non-hydrogen) atoms. The number of benzene rings is 1. The highest BCUT2D eigenvalue weighted by molar-refractivity contribution is 6.30. The SMILES string of the molecule is CCCC(=O)N(Cc1ccc(Cl)cc1)[C@@H](C)C(=O)NC[C@H]1CCCO1. The second-order valence-electron chi connectivity index (χ2n) is 6.45. The molecule has 1 aromatic rings. The second kappa shape index (κ2) is 9.78. The Bertz CT molecular complexity index is 571. The lowest BCUT2D eigenvalue weighted by atomic mass is 10.1. The lowest BCUT2D eigenvalue weighted by Crippen LogP contribution is -2.48. The number of carbonyl (C=O) groups excluding carboxylic acids is 2. The van der Waals surface area contributed by atoms with Gasteiger partial charge < -0.3 is 15.0 Å². The molecule has 1 saturated heterocycles. The molecule has 0 spiro atoms. The molecular formula is C19H27ClN2O3. The van der Waals surface area contributed by atoms with E-state index in [2.05, 4.69) is 5.32 Å². The van der Waals surface area contributed by atoms with Crippen LogP contribution in [0, 0.1) is 0 Å². The van der Waals surface area contributed by atoms with Gasteiger partial charge in [-0.05, 0) is 43.9 Å². The van der Waals surface area contributed by atoms with Crippen LogP contribution in [0.4, 0.5) is 0 Å². The summed E-state index contributed by atoms with van der Waals surface area (Å²) in [6, 6.07) is 6.82. The first kappa shape index (κ1) is 19.7. The molecule has 1 aromatic carbocycles. The molecule has 0 saturated carbocycles. The van der Waals surface area contributed by atoms with Gasteiger partial charge >= 0.3 is 0 Å². The Hall–Kier alpha value is -1.59. The molecule has 1 N–H and O–H groups in total. The van der Waals surface area contributed by atoms with E-state index in [1.165, 1.54) is 0 Å². The first-order valence-corrected chi connectivity index (χ1v) is 9.32.